The quantitative estimate of drug-likeness (QED) is 0.544. The van der Waals surface area contributed by atoms with Crippen molar-refractivity contribution in [1.82, 2.24) is 0 Å². The molecule has 0 aliphatic heterocycles. The summed E-state index contributed by atoms with van der Waals surface area (Å²) >= 11 is 0. The predicted octanol–water partition coefficient (Wildman–Crippen LogP) is 0.129. The molecule has 0 amide bonds. The zero-order valence-electron chi connectivity index (χ0n) is 7.69. The van der Waals surface area contributed by atoms with Crippen LogP contribution in [0.2, 0.25) is 0 Å². The molecule has 0 aliphatic rings. The van der Waals surface area contributed by atoms with Crippen LogP contribution in [0.4, 0.5) is 0 Å². The number of ether oxygens (including phenoxy) is 2. The average Bonchev–Trinajstić information content (AvgIpc) is 2.05. The molecule has 4 nitrogen and oxygen atoms in total. The second kappa shape index (κ2) is 7.49. The zero-order chi connectivity index (χ0) is 9.40. The highest BCUT2D eigenvalue weighted by molar-refractivity contribution is 4.55. The van der Waals surface area contributed by atoms with Gasteiger partial charge in [-0.15, -0.1) is 0 Å². The Morgan fingerprint density at radius 2 is 1.67 bits per heavy atom. The molecule has 0 aromatic rings. The highest BCUT2D eigenvalue weighted by Crippen LogP contribution is 2.04. The SMILES string of the molecule is CCOC(C[C@@H](O)CO)OCC. The van der Waals surface area contributed by atoms with Crippen molar-refractivity contribution in [2.45, 2.75) is 32.7 Å². The Balaban J connectivity index is 3.61. The number of aliphatic hydroxyl groups excluding tert-OH is 2. The lowest BCUT2D eigenvalue weighted by molar-refractivity contribution is -0.155. The topological polar surface area (TPSA) is 58.9 Å². The van der Waals surface area contributed by atoms with Crippen LogP contribution in [0, 0.1) is 0 Å². The Kier molecular flexibility index (Phi) is 7.39. The van der Waals surface area contributed by atoms with Crippen molar-refractivity contribution < 1.29 is 19.7 Å². The van der Waals surface area contributed by atoms with Crippen molar-refractivity contribution >= 4 is 0 Å². The van der Waals surface area contributed by atoms with Gasteiger partial charge in [-0.25, -0.2) is 0 Å². The van der Waals surface area contributed by atoms with Crippen LogP contribution in [0.15, 0.2) is 0 Å². The monoisotopic (exact) mass is 178 g/mol. The third-order valence-electron chi connectivity index (χ3n) is 1.38. The summed E-state index contributed by atoms with van der Waals surface area (Å²) in [4.78, 5) is 0. The first-order chi connectivity index (χ1) is 5.74. The molecule has 2 N–H and O–H groups in total. The summed E-state index contributed by atoms with van der Waals surface area (Å²) in [5, 5.41) is 17.6. The number of hydrogen-bond donors (Lipinski definition) is 2. The van der Waals surface area contributed by atoms with Crippen molar-refractivity contribution in [2.75, 3.05) is 19.8 Å². The molecule has 1 atom stereocenters. The van der Waals surface area contributed by atoms with Crippen LogP contribution in [0.1, 0.15) is 20.3 Å². The van der Waals surface area contributed by atoms with E-state index in [9.17, 15) is 0 Å². The third-order valence-corrected chi connectivity index (χ3v) is 1.38. The van der Waals surface area contributed by atoms with E-state index in [4.69, 9.17) is 19.7 Å². The largest absolute Gasteiger partial charge is 0.394 e. The summed E-state index contributed by atoms with van der Waals surface area (Å²) in [6.07, 6.45) is -0.840. The number of hydrogen-bond acceptors (Lipinski definition) is 4. The molecule has 0 heterocycles. The molecule has 0 saturated carbocycles. The summed E-state index contributed by atoms with van der Waals surface area (Å²) in [5.74, 6) is 0. The van der Waals surface area contributed by atoms with E-state index < -0.39 is 12.4 Å². The molecule has 0 fully saturated rings. The summed E-state index contributed by atoms with van der Waals surface area (Å²) in [6, 6.07) is 0. The van der Waals surface area contributed by atoms with Crippen LogP contribution >= 0.6 is 0 Å². The molecule has 0 spiro atoms. The minimum Gasteiger partial charge on any atom is -0.394 e. The molecule has 4 heteroatoms. The Labute approximate surface area is 73.1 Å². The van der Waals surface area contributed by atoms with Crippen molar-refractivity contribution in [2.24, 2.45) is 0 Å². The summed E-state index contributed by atoms with van der Waals surface area (Å²) < 4.78 is 10.3. The minimum absolute atomic E-state index is 0.253. The first-order valence-corrected chi connectivity index (χ1v) is 4.26. The van der Waals surface area contributed by atoms with Crippen LogP contribution in [0.25, 0.3) is 0 Å². The first kappa shape index (κ1) is 11.8. The average molecular weight is 178 g/mol. The maximum Gasteiger partial charge on any atom is 0.160 e. The van der Waals surface area contributed by atoms with Crippen LogP contribution in [0.5, 0.6) is 0 Å². The second-order valence-corrected chi connectivity index (χ2v) is 2.41. The van der Waals surface area contributed by atoms with Crippen molar-refractivity contribution in [3.63, 3.8) is 0 Å². The molecule has 0 saturated heterocycles. The van der Waals surface area contributed by atoms with Gasteiger partial charge in [0.25, 0.3) is 0 Å². The lowest BCUT2D eigenvalue weighted by Crippen LogP contribution is -2.25. The molecule has 0 aromatic heterocycles. The van der Waals surface area contributed by atoms with E-state index in [1.54, 1.807) is 0 Å². The summed E-state index contributed by atoms with van der Waals surface area (Å²) in [7, 11) is 0. The lowest BCUT2D eigenvalue weighted by atomic mass is 10.2. The highest BCUT2D eigenvalue weighted by atomic mass is 16.7. The molecule has 0 unspecified atom stereocenters. The maximum atomic E-state index is 9.07. The zero-order valence-corrected chi connectivity index (χ0v) is 7.69. The van der Waals surface area contributed by atoms with E-state index >= 15 is 0 Å². The Bertz CT molecular complexity index is 91.1. The Morgan fingerprint density at radius 3 is 2.00 bits per heavy atom. The molecular formula is C8H18O4. The van der Waals surface area contributed by atoms with E-state index in [1.165, 1.54) is 0 Å². The van der Waals surface area contributed by atoms with E-state index in [-0.39, 0.29) is 6.61 Å². The minimum atomic E-state index is -0.756. The molecule has 12 heavy (non-hydrogen) atoms. The van der Waals surface area contributed by atoms with E-state index in [0.29, 0.717) is 19.6 Å². The lowest BCUT2D eigenvalue weighted by Gasteiger charge is -2.18. The fraction of sp³-hybridized carbons (Fsp3) is 1.00. The highest BCUT2D eigenvalue weighted by Gasteiger charge is 2.13. The fourth-order valence-corrected chi connectivity index (χ4v) is 0.853. The fourth-order valence-electron chi connectivity index (χ4n) is 0.853. The van der Waals surface area contributed by atoms with E-state index in [2.05, 4.69) is 0 Å². The van der Waals surface area contributed by atoms with Crippen LogP contribution < -0.4 is 0 Å². The van der Waals surface area contributed by atoms with Crippen LogP contribution in [0.3, 0.4) is 0 Å². The van der Waals surface area contributed by atoms with Gasteiger partial charge >= 0.3 is 0 Å². The van der Waals surface area contributed by atoms with Crippen LogP contribution in [-0.2, 0) is 9.47 Å². The normalized spacial score (nSPS) is 13.8. The Morgan fingerprint density at radius 1 is 1.17 bits per heavy atom. The van der Waals surface area contributed by atoms with Crippen molar-refractivity contribution in [1.29, 1.82) is 0 Å². The van der Waals surface area contributed by atoms with Crippen molar-refractivity contribution in [3.8, 4) is 0 Å². The van der Waals surface area contributed by atoms with Gasteiger partial charge in [0, 0.05) is 19.6 Å². The molecular weight excluding hydrogens is 160 g/mol. The predicted molar refractivity (Wildman–Crippen MR) is 44.7 cm³/mol. The van der Waals surface area contributed by atoms with Gasteiger partial charge in [-0.1, -0.05) is 0 Å². The van der Waals surface area contributed by atoms with Gasteiger partial charge in [-0.3, -0.25) is 0 Å². The van der Waals surface area contributed by atoms with E-state index in [1.807, 2.05) is 13.8 Å². The standard InChI is InChI=1S/C8H18O4/c1-3-11-8(12-4-2)5-7(10)6-9/h7-10H,3-6H2,1-2H3/t7-/m1/s1. The van der Waals surface area contributed by atoms with E-state index in [0.717, 1.165) is 0 Å². The first-order valence-electron chi connectivity index (χ1n) is 4.26. The maximum absolute atomic E-state index is 9.07. The van der Waals surface area contributed by atoms with Gasteiger partial charge in [0.2, 0.25) is 0 Å². The van der Waals surface area contributed by atoms with Gasteiger partial charge in [0.05, 0.1) is 12.7 Å². The third kappa shape index (κ3) is 5.49. The number of rotatable bonds is 7. The van der Waals surface area contributed by atoms with Gasteiger partial charge in [0.15, 0.2) is 6.29 Å². The van der Waals surface area contributed by atoms with Gasteiger partial charge < -0.3 is 19.7 Å². The number of aliphatic hydroxyl groups is 2. The summed E-state index contributed by atoms with van der Waals surface area (Å²) in [5.41, 5.74) is 0. The van der Waals surface area contributed by atoms with Gasteiger partial charge in [-0.2, -0.15) is 0 Å². The molecule has 0 bridgehead atoms. The molecule has 74 valence electrons. The molecule has 0 aromatic carbocycles. The Hall–Kier alpha value is -0.160. The molecule has 0 aliphatic carbocycles. The smallest absolute Gasteiger partial charge is 0.160 e. The molecule has 0 rings (SSSR count). The van der Waals surface area contributed by atoms with Gasteiger partial charge in [0.1, 0.15) is 0 Å². The summed E-state index contributed by atoms with van der Waals surface area (Å²) in [6.45, 7) is 4.55. The van der Waals surface area contributed by atoms with Crippen LogP contribution in [-0.4, -0.2) is 42.4 Å². The molecule has 0 radical (unpaired) electrons. The van der Waals surface area contributed by atoms with Crippen molar-refractivity contribution in [3.05, 3.63) is 0 Å². The van der Waals surface area contributed by atoms with Gasteiger partial charge in [-0.05, 0) is 13.8 Å². The second-order valence-electron chi connectivity index (χ2n) is 2.41.